The van der Waals surface area contributed by atoms with Crippen LogP contribution in [0, 0.1) is 5.82 Å². The second kappa shape index (κ2) is 8.48. The number of hydrogen-bond donors (Lipinski definition) is 3. The van der Waals surface area contributed by atoms with Gasteiger partial charge in [-0.25, -0.2) is 12.8 Å². The summed E-state index contributed by atoms with van der Waals surface area (Å²) in [6.45, 7) is -0.118. The highest BCUT2D eigenvalue weighted by Gasteiger charge is 2.22. The van der Waals surface area contributed by atoms with E-state index in [1.165, 1.54) is 48.5 Å². The fourth-order valence-electron chi connectivity index (χ4n) is 2.99. The molecular formula is C21H15ClFN3O5S. The fourth-order valence-corrected chi connectivity index (χ4v) is 4.32. The molecule has 1 heterocycles. The van der Waals surface area contributed by atoms with Gasteiger partial charge in [0.1, 0.15) is 16.5 Å². The molecule has 164 valence electrons. The van der Waals surface area contributed by atoms with Gasteiger partial charge in [0.15, 0.2) is 6.61 Å². The third kappa shape index (κ3) is 4.51. The molecule has 8 nitrogen and oxygen atoms in total. The van der Waals surface area contributed by atoms with Crippen LogP contribution in [-0.2, 0) is 14.8 Å². The zero-order chi connectivity index (χ0) is 22.9. The minimum absolute atomic E-state index is 0.0133. The van der Waals surface area contributed by atoms with E-state index in [0.29, 0.717) is 11.4 Å². The van der Waals surface area contributed by atoms with E-state index in [1.54, 1.807) is 0 Å². The smallest absolute Gasteiger partial charge is 0.264 e. The maximum atomic E-state index is 14.0. The molecule has 0 atom stereocenters. The monoisotopic (exact) mass is 475 g/mol. The minimum atomic E-state index is -4.28. The van der Waals surface area contributed by atoms with Crippen molar-refractivity contribution in [2.75, 3.05) is 22.0 Å². The molecule has 0 aliphatic carbocycles. The Bertz CT molecular complexity index is 1350. The normalized spacial score (nSPS) is 12.9. The Labute approximate surface area is 187 Å². The summed E-state index contributed by atoms with van der Waals surface area (Å²) in [6.07, 6.45) is 0. The van der Waals surface area contributed by atoms with Crippen LogP contribution in [0.2, 0.25) is 5.02 Å². The number of carbonyl (C=O) groups is 2. The van der Waals surface area contributed by atoms with Gasteiger partial charge in [-0.3, -0.25) is 14.3 Å². The lowest BCUT2D eigenvalue weighted by molar-refractivity contribution is -0.118. The average Bonchev–Trinajstić information content (AvgIpc) is 2.75. The molecule has 0 spiro atoms. The molecule has 1 aliphatic heterocycles. The van der Waals surface area contributed by atoms with E-state index in [4.69, 9.17) is 16.3 Å². The minimum Gasteiger partial charge on any atom is -0.482 e. The number of benzene rings is 3. The van der Waals surface area contributed by atoms with E-state index < -0.39 is 26.6 Å². The Hall–Kier alpha value is -3.63. The SMILES string of the molecule is O=C1COc2ccc(C(=O)Nc3cc(Cl)ccc3NS(=O)(=O)c3ccccc3F)cc2N1. The molecule has 0 unspecified atom stereocenters. The molecule has 1 aliphatic rings. The maximum absolute atomic E-state index is 14.0. The third-order valence-corrected chi connectivity index (χ3v) is 6.11. The number of amides is 2. The van der Waals surface area contributed by atoms with E-state index in [2.05, 4.69) is 15.4 Å². The molecule has 3 aromatic rings. The molecule has 0 fully saturated rings. The highest BCUT2D eigenvalue weighted by molar-refractivity contribution is 7.92. The summed E-state index contributed by atoms with van der Waals surface area (Å²) < 4.78 is 46.8. The van der Waals surface area contributed by atoms with Gasteiger partial charge in [-0.2, -0.15) is 0 Å². The summed E-state index contributed by atoms with van der Waals surface area (Å²) in [5.41, 5.74) is 0.555. The average molecular weight is 476 g/mol. The topological polar surface area (TPSA) is 114 Å². The van der Waals surface area contributed by atoms with Crippen LogP contribution < -0.4 is 20.1 Å². The van der Waals surface area contributed by atoms with Gasteiger partial charge in [0, 0.05) is 10.6 Å². The Morgan fingerprint density at radius 1 is 1.06 bits per heavy atom. The van der Waals surface area contributed by atoms with Gasteiger partial charge in [-0.15, -0.1) is 0 Å². The lowest BCUT2D eigenvalue weighted by atomic mass is 10.1. The summed E-state index contributed by atoms with van der Waals surface area (Å²) in [6, 6.07) is 13.5. The van der Waals surface area contributed by atoms with Crippen molar-refractivity contribution in [3.63, 3.8) is 0 Å². The van der Waals surface area contributed by atoms with E-state index in [-0.39, 0.29) is 34.5 Å². The fraction of sp³-hybridized carbons (Fsp3) is 0.0476. The summed E-state index contributed by atoms with van der Waals surface area (Å²) >= 11 is 6.02. The number of carbonyl (C=O) groups excluding carboxylic acids is 2. The van der Waals surface area contributed by atoms with Crippen molar-refractivity contribution in [1.29, 1.82) is 0 Å². The van der Waals surface area contributed by atoms with Gasteiger partial charge in [0.05, 0.1) is 17.1 Å². The van der Waals surface area contributed by atoms with Gasteiger partial charge in [0.2, 0.25) is 0 Å². The Balaban J connectivity index is 1.62. The number of rotatable bonds is 5. The zero-order valence-corrected chi connectivity index (χ0v) is 17.8. The molecule has 3 aromatic carbocycles. The summed E-state index contributed by atoms with van der Waals surface area (Å²) in [5.74, 6) is -1.45. The van der Waals surface area contributed by atoms with Crippen LogP contribution in [0.15, 0.2) is 65.6 Å². The maximum Gasteiger partial charge on any atom is 0.264 e. The van der Waals surface area contributed by atoms with E-state index in [9.17, 15) is 22.4 Å². The molecule has 2 amide bonds. The van der Waals surface area contributed by atoms with Crippen molar-refractivity contribution in [3.8, 4) is 5.75 Å². The Morgan fingerprint density at radius 3 is 2.62 bits per heavy atom. The quantitative estimate of drug-likeness (QED) is 0.518. The molecule has 0 aromatic heterocycles. The number of fused-ring (bicyclic) bond motifs is 1. The van der Waals surface area contributed by atoms with Crippen LogP contribution in [0.25, 0.3) is 0 Å². The predicted octanol–water partition coefficient (Wildman–Crippen LogP) is 3.86. The number of halogens is 2. The largest absolute Gasteiger partial charge is 0.482 e. The van der Waals surface area contributed by atoms with Crippen LogP contribution in [-0.4, -0.2) is 26.8 Å². The second-order valence-electron chi connectivity index (χ2n) is 6.73. The number of nitrogens with one attached hydrogen (secondary N) is 3. The zero-order valence-electron chi connectivity index (χ0n) is 16.2. The molecule has 11 heteroatoms. The number of sulfonamides is 1. The van der Waals surface area contributed by atoms with E-state index in [0.717, 1.165) is 12.1 Å². The number of ether oxygens (including phenoxy) is 1. The number of anilines is 3. The van der Waals surface area contributed by atoms with Crippen LogP contribution in [0.3, 0.4) is 0 Å². The van der Waals surface area contributed by atoms with E-state index in [1.807, 2.05) is 0 Å². The van der Waals surface area contributed by atoms with Crippen LogP contribution in [0.5, 0.6) is 5.75 Å². The molecule has 32 heavy (non-hydrogen) atoms. The summed E-state index contributed by atoms with van der Waals surface area (Å²) in [7, 11) is -4.28. The molecule has 0 bridgehead atoms. The Morgan fingerprint density at radius 2 is 1.84 bits per heavy atom. The van der Waals surface area contributed by atoms with Gasteiger partial charge >= 0.3 is 0 Å². The van der Waals surface area contributed by atoms with Gasteiger partial charge in [0.25, 0.3) is 21.8 Å². The van der Waals surface area contributed by atoms with Crippen molar-refractivity contribution in [2.24, 2.45) is 0 Å². The van der Waals surface area contributed by atoms with Crippen molar-refractivity contribution in [1.82, 2.24) is 0 Å². The standard InChI is InChI=1S/C21H15ClFN3O5S/c22-13-6-7-15(26-32(29,30)19-4-2-1-3-14(19)23)16(10-13)25-21(28)12-5-8-18-17(9-12)24-20(27)11-31-18/h1-10,26H,11H2,(H,24,27)(H,25,28). The lowest BCUT2D eigenvalue weighted by Gasteiger charge is -2.19. The van der Waals surface area contributed by atoms with Crippen molar-refractivity contribution >= 4 is 50.5 Å². The first kappa shape index (κ1) is 21.6. The molecular weight excluding hydrogens is 461 g/mol. The third-order valence-electron chi connectivity index (χ3n) is 4.47. The first-order valence-corrected chi connectivity index (χ1v) is 11.0. The second-order valence-corrected chi connectivity index (χ2v) is 8.82. The van der Waals surface area contributed by atoms with Crippen molar-refractivity contribution in [2.45, 2.75) is 4.90 Å². The van der Waals surface area contributed by atoms with Gasteiger partial charge in [-0.1, -0.05) is 23.7 Å². The first-order valence-electron chi connectivity index (χ1n) is 9.18. The highest BCUT2D eigenvalue weighted by atomic mass is 35.5. The van der Waals surface area contributed by atoms with Crippen LogP contribution in [0.4, 0.5) is 21.5 Å². The van der Waals surface area contributed by atoms with Crippen LogP contribution >= 0.6 is 11.6 Å². The first-order chi connectivity index (χ1) is 15.2. The van der Waals surface area contributed by atoms with Crippen LogP contribution in [0.1, 0.15) is 10.4 Å². The molecule has 3 N–H and O–H groups in total. The van der Waals surface area contributed by atoms with Crippen molar-refractivity contribution < 1.29 is 27.1 Å². The molecule has 0 saturated heterocycles. The molecule has 0 radical (unpaired) electrons. The Kier molecular flexibility index (Phi) is 5.72. The highest BCUT2D eigenvalue weighted by Crippen LogP contribution is 2.31. The molecule has 4 rings (SSSR count). The predicted molar refractivity (Wildman–Crippen MR) is 117 cm³/mol. The van der Waals surface area contributed by atoms with Crippen molar-refractivity contribution in [3.05, 3.63) is 77.1 Å². The van der Waals surface area contributed by atoms with E-state index >= 15 is 0 Å². The lowest BCUT2D eigenvalue weighted by Crippen LogP contribution is -2.25. The van der Waals surface area contributed by atoms with Gasteiger partial charge < -0.3 is 15.4 Å². The summed E-state index contributed by atoms with van der Waals surface area (Å²) in [5, 5.41) is 5.41. The molecule has 0 saturated carbocycles. The summed E-state index contributed by atoms with van der Waals surface area (Å²) in [4.78, 5) is 23.8. The number of hydrogen-bond acceptors (Lipinski definition) is 5. The van der Waals surface area contributed by atoms with Gasteiger partial charge in [-0.05, 0) is 48.5 Å².